The van der Waals surface area contributed by atoms with E-state index >= 15 is 0 Å². The zero-order chi connectivity index (χ0) is 20.6. The molecule has 0 heterocycles. The molecular weight excluding hydrogens is 356 g/mol. The molecule has 160 valence electrons. The maximum absolute atomic E-state index is 11.8. The van der Waals surface area contributed by atoms with Gasteiger partial charge in [0.15, 0.2) is 11.5 Å². The summed E-state index contributed by atoms with van der Waals surface area (Å²) in [4.78, 5) is 11.8. The molecule has 0 amide bonds. The Morgan fingerprint density at radius 1 is 0.714 bits per heavy atom. The minimum absolute atomic E-state index is 0.0307. The van der Waals surface area contributed by atoms with Gasteiger partial charge < -0.3 is 20.1 Å². The van der Waals surface area contributed by atoms with Crippen LogP contribution in [0.5, 0.6) is 23.0 Å². The van der Waals surface area contributed by atoms with Crippen molar-refractivity contribution in [2.45, 2.75) is 103 Å². The van der Waals surface area contributed by atoms with E-state index in [1.165, 1.54) is 70.6 Å². The van der Waals surface area contributed by atoms with Crippen molar-refractivity contribution in [1.29, 1.82) is 0 Å². The monoisotopic (exact) mass is 394 g/mol. The molecule has 1 rings (SSSR count). The summed E-state index contributed by atoms with van der Waals surface area (Å²) in [5.41, 5.74) is 0. The van der Waals surface area contributed by atoms with Gasteiger partial charge in [0.2, 0.25) is 5.75 Å². The van der Waals surface area contributed by atoms with E-state index in [1.807, 2.05) is 0 Å². The van der Waals surface area contributed by atoms with Gasteiger partial charge in [-0.3, -0.25) is 4.79 Å². The normalized spacial score (nSPS) is 10.9. The van der Waals surface area contributed by atoms with Crippen LogP contribution in [0.4, 0.5) is 0 Å². The number of rotatable bonds is 16. The fourth-order valence-electron chi connectivity index (χ4n) is 3.28. The number of unbranched alkanes of at least 4 members (excludes halogenated alkanes) is 13. The Morgan fingerprint density at radius 3 is 1.54 bits per heavy atom. The maximum atomic E-state index is 11.8. The fourth-order valence-corrected chi connectivity index (χ4v) is 3.28. The van der Waals surface area contributed by atoms with Gasteiger partial charge >= 0.3 is 5.97 Å². The van der Waals surface area contributed by atoms with E-state index in [9.17, 15) is 20.1 Å². The van der Waals surface area contributed by atoms with Crippen LogP contribution in [-0.4, -0.2) is 21.3 Å². The van der Waals surface area contributed by atoms with Gasteiger partial charge in [-0.05, 0) is 6.42 Å². The SMILES string of the molecule is CCCCCCCCCCCCCCCCC(=O)Oc1cc(O)c(O)c(O)c1. The van der Waals surface area contributed by atoms with Gasteiger partial charge in [-0.15, -0.1) is 0 Å². The predicted molar refractivity (Wildman–Crippen MR) is 112 cm³/mol. The molecule has 0 aliphatic heterocycles. The lowest BCUT2D eigenvalue weighted by molar-refractivity contribution is -0.134. The minimum atomic E-state index is -0.619. The lowest BCUT2D eigenvalue weighted by Crippen LogP contribution is -2.07. The van der Waals surface area contributed by atoms with Crippen LogP contribution in [0.15, 0.2) is 12.1 Å². The number of hydrogen-bond acceptors (Lipinski definition) is 5. The average molecular weight is 395 g/mol. The molecule has 0 saturated heterocycles. The first-order valence-electron chi connectivity index (χ1n) is 11.0. The third kappa shape index (κ3) is 11.1. The van der Waals surface area contributed by atoms with Crippen LogP contribution in [0.25, 0.3) is 0 Å². The van der Waals surface area contributed by atoms with Gasteiger partial charge in [-0.2, -0.15) is 0 Å². The second kappa shape index (κ2) is 15.1. The summed E-state index contributed by atoms with van der Waals surface area (Å²) < 4.78 is 5.07. The number of hydrogen-bond donors (Lipinski definition) is 3. The molecule has 5 heteroatoms. The number of phenolic OH excluding ortho intramolecular Hbond substituents is 3. The number of ether oxygens (including phenoxy) is 1. The summed E-state index contributed by atoms with van der Waals surface area (Å²) in [6.45, 7) is 2.25. The quantitative estimate of drug-likeness (QED) is 0.128. The van der Waals surface area contributed by atoms with E-state index in [0.29, 0.717) is 6.42 Å². The molecule has 1 aromatic rings. The summed E-state index contributed by atoms with van der Waals surface area (Å²) in [7, 11) is 0. The second-order valence-electron chi connectivity index (χ2n) is 7.63. The van der Waals surface area contributed by atoms with Gasteiger partial charge in [-0.25, -0.2) is 0 Å². The third-order valence-corrected chi connectivity index (χ3v) is 5.01. The zero-order valence-corrected chi connectivity index (χ0v) is 17.4. The number of phenols is 3. The molecule has 0 aliphatic carbocycles. The van der Waals surface area contributed by atoms with E-state index in [1.54, 1.807) is 0 Å². The largest absolute Gasteiger partial charge is 0.504 e. The molecule has 3 N–H and O–H groups in total. The molecule has 0 unspecified atom stereocenters. The molecule has 0 aromatic heterocycles. The van der Waals surface area contributed by atoms with Crippen LogP contribution in [0, 0.1) is 0 Å². The Balaban J connectivity index is 1.94. The van der Waals surface area contributed by atoms with Gasteiger partial charge in [0, 0.05) is 18.6 Å². The lowest BCUT2D eigenvalue weighted by Gasteiger charge is -2.07. The van der Waals surface area contributed by atoms with Gasteiger partial charge in [0.25, 0.3) is 0 Å². The Hall–Kier alpha value is -1.91. The van der Waals surface area contributed by atoms with Crippen molar-refractivity contribution in [2.75, 3.05) is 0 Å². The van der Waals surface area contributed by atoms with Crippen molar-refractivity contribution in [1.82, 2.24) is 0 Å². The number of benzene rings is 1. The Bertz CT molecular complexity index is 533. The first kappa shape index (κ1) is 24.1. The standard InChI is InChI=1S/C23H38O5/c1-2-3-4-5-6-7-8-9-10-11-12-13-14-15-16-22(26)28-19-17-20(24)23(27)21(25)18-19/h17-18,24-25,27H,2-16H2,1H3. The Kier molecular flexibility index (Phi) is 13.0. The van der Waals surface area contributed by atoms with Gasteiger partial charge in [-0.1, -0.05) is 90.4 Å². The molecule has 0 bridgehead atoms. The van der Waals surface area contributed by atoms with E-state index in [2.05, 4.69) is 6.92 Å². The summed E-state index contributed by atoms with van der Waals surface area (Å²) in [5, 5.41) is 28.1. The van der Waals surface area contributed by atoms with E-state index in [-0.39, 0.29) is 5.75 Å². The topological polar surface area (TPSA) is 87.0 Å². The minimum Gasteiger partial charge on any atom is -0.504 e. The molecule has 0 fully saturated rings. The summed E-state index contributed by atoms with van der Waals surface area (Å²) >= 11 is 0. The Morgan fingerprint density at radius 2 is 1.11 bits per heavy atom. The third-order valence-electron chi connectivity index (χ3n) is 5.01. The van der Waals surface area contributed by atoms with E-state index < -0.39 is 23.2 Å². The summed E-state index contributed by atoms with van der Waals surface area (Å²) in [5.74, 6) is -2.02. The van der Waals surface area contributed by atoms with Crippen LogP contribution in [0.2, 0.25) is 0 Å². The van der Waals surface area contributed by atoms with Crippen LogP contribution < -0.4 is 4.74 Å². The second-order valence-corrected chi connectivity index (χ2v) is 7.63. The van der Waals surface area contributed by atoms with Crippen molar-refractivity contribution >= 4 is 5.97 Å². The number of aromatic hydroxyl groups is 3. The zero-order valence-electron chi connectivity index (χ0n) is 17.4. The fraction of sp³-hybridized carbons (Fsp3) is 0.696. The van der Waals surface area contributed by atoms with Crippen LogP contribution in [0.3, 0.4) is 0 Å². The molecule has 0 saturated carbocycles. The summed E-state index contributed by atoms with van der Waals surface area (Å²) in [6, 6.07) is 2.22. The van der Waals surface area contributed by atoms with Crippen molar-refractivity contribution in [3.63, 3.8) is 0 Å². The van der Waals surface area contributed by atoms with Crippen molar-refractivity contribution in [3.8, 4) is 23.0 Å². The number of esters is 1. The van der Waals surface area contributed by atoms with Crippen molar-refractivity contribution < 1.29 is 24.9 Å². The van der Waals surface area contributed by atoms with Gasteiger partial charge in [0.05, 0.1) is 0 Å². The molecule has 5 nitrogen and oxygen atoms in total. The van der Waals surface area contributed by atoms with Crippen LogP contribution in [-0.2, 0) is 4.79 Å². The van der Waals surface area contributed by atoms with Gasteiger partial charge in [0.1, 0.15) is 5.75 Å². The molecule has 0 radical (unpaired) electrons. The number of carbonyl (C=O) groups is 1. The highest BCUT2D eigenvalue weighted by Crippen LogP contribution is 2.38. The average Bonchev–Trinajstić information content (AvgIpc) is 2.66. The highest BCUT2D eigenvalue weighted by atomic mass is 16.5. The lowest BCUT2D eigenvalue weighted by atomic mass is 10.0. The molecule has 0 aliphatic rings. The molecule has 1 aromatic carbocycles. The first-order valence-corrected chi connectivity index (χ1v) is 11.0. The summed E-state index contributed by atoms with van der Waals surface area (Å²) in [6.07, 6.45) is 17.9. The van der Waals surface area contributed by atoms with Crippen molar-refractivity contribution in [3.05, 3.63) is 12.1 Å². The molecule has 0 spiro atoms. The smallest absolute Gasteiger partial charge is 0.311 e. The first-order chi connectivity index (χ1) is 13.5. The van der Waals surface area contributed by atoms with E-state index in [0.717, 1.165) is 31.4 Å². The maximum Gasteiger partial charge on any atom is 0.311 e. The predicted octanol–water partition coefficient (Wildman–Crippen LogP) is 6.58. The van der Waals surface area contributed by atoms with E-state index in [4.69, 9.17) is 4.74 Å². The van der Waals surface area contributed by atoms with Crippen molar-refractivity contribution in [2.24, 2.45) is 0 Å². The highest BCUT2D eigenvalue weighted by molar-refractivity contribution is 5.73. The molecule has 0 atom stereocenters. The number of carbonyl (C=O) groups excluding carboxylic acids is 1. The molecule has 28 heavy (non-hydrogen) atoms. The molecular formula is C23H38O5. The van der Waals surface area contributed by atoms with Crippen LogP contribution in [0.1, 0.15) is 103 Å². The highest BCUT2D eigenvalue weighted by Gasteiger charge is 2.11. The Labute approximate surface area is 169 Å². The van der Waals surface area contributed by atoms with Crippen LogP contribution >= 0.6 is 0 Å².